The highest BCUT2D eigenvalue weighted by Crippen LogP contribution is 2.30. The van der Waals surface area contributed by atoms with Crippen molar-refractivity contribution in [3.8, 4) is 0 Å². The van der Waals surface area contributed by atoms with Gasteiger partial charge in [-0.15, -0.1) is 0 Å². The van der Waals surface area contributed by atoms with Crippen molar-refractivity contribution in [1.29, 1.82) is 0 Å². The Hall–Kier alpha value is -1.55. The van der Waals surface area contributed by atoms with E-state index in [1.54, 1.807) is 12.5 Å². The van der Waals surface area contributed by atoms with Gasteiger partial charge in [-0.1, -0.05) is 5.16 Å². The maximum atomic E-state index is 5.45. The topological polar surface area (TPSA) is 51.2 Å². The molecule has 0 aromatic carbocycles. The fraction of sp³-hybridized carbons (Fsp3) is 0.417. The van der Waals surface area contributed by atoms with E-state index in [4.69, 9.17) is 8.94 Å². The zero-order valence-corrected chi connectivity index (χ0v) is 8.98. The SMILES string of the molecule is c1cc(CNC2CCCc3occc32)no1. The first-order valence-corrected chi connectivity index (χ1v) is 5.62. The average Bonchev–Trinajstić information content (AvgIpc) is 2.97. The van der Waals surface area contributed by atoms with Crippen molar-refractivity contribution in [1.82, 2.24) is 10.5 Å². The quantitative estimate of drug-likeness (QED) is 0.859. The number of aromatic nitrogens is 1. The monoisotopic (exact) mass is 218 g/mol. The summed E-state index contributed by atoms with van der Waals surface area (Å²) in [5.74, 6) is 1.13. The number of furan rings is 1. The lowest BCUT2D eigenvalue weighted by Crippen LogP contribution is -2.24. The Morgan fingerprint density at radius 3 is 3.25 bits per heavy atom. The van der Waals surface area contributed by atoms with Crippen molar-refractivity contribution in [3.63, 3.8) is 0 Å². The van der Waals surface area contributed by atoms with Crippen LogP contribution in [0.4, 0.5) is 0 Å². The third-order valence-electron chi connectivity index (χ3n) is 3.07. The largest absolute Gasteiger partial charge is 0.469 e. The van der Waals surface area contributed by atoms with E-state index in [0.717, 1.165) is 30.8 Å². The van der Waals surface area contributed by atoms with Gasteiger partial charge in [0.25, 0.3) is 0 Å². The van der Waals surface area contributed by atoms with Crippen LogP contribution in [0.2, 0.25) is 0 Å². The molecule has 0 saturated carbocycles. The molecule has 1 aliphatic rings. The summed E-state index contributed by atoms with van der Waals surface area (Å²) >= 11 is 0. The lowest BCUT2D eigenvalue weighted by Gasteiger charge is -2.22. The molecular formula is C12H14N2O2. The van der Waals surface area contributed by atoms with E-state index in [1.165, 1.54) is 12.0 Å². The molecule has 1 aliphatic carbocycles. The number of rotatable bonds is 3. The average molecular weight is 218 g/mol. The molecular weight excluding hydrogens is 204 g/mol. The van der Waals surface area contributed by atoms with Gasteiger partial charge >= 0.3 is 0 Å². The summed E-state index contributed by atoms with van der Waals surface area (Å²) in [6.45, 7) is 0.742. The van der Waals surface area contributed by atoms with Crippen molar-refractivity contribution in [2.45, 2.75) is 31.8 Å². The highest BCUT2D eigenvalue weighted by Gasteiger charge is 2.22. The van der Waals surface area contributed by atoms with E-state index in [0.29, 0.717) is 6.04 Å². The molecule has 2 heterocycles. The lowest BCUT2D eigenvalue weighted by molar-refractivity contribution is 0.389. The molecule has 0 bridgehead atoms. The highest BCUT2D eigenvalue weighted by atomic mass is 16.5. The molecule has 4 heteroatoms. The zero-order valence-electron chi connectivity index (χ0n) is 8.98. The van der Waals surface area contributed by atoms with E-state index < -0.39 is 0 Å². The minimum absolute atomic E-state index is 0.388. The second kappa shape index (κ2) is 4.14. The Bertz CT molecular complexity index is 447. The molecule has 2 aromatic rings. The van der Waals surface area contributed by atoms with Crippen molar-refractivity contribution in [3.05, 3.63) is 41.7 Å². The van der Waals surface area contributed by atoms with Gasteiger partial charge in [0, 0.05) is 30.6 Å². The van der Waals surface area contributed by atoms with Gasteiger partial charge in [-0.2, -0.15) is 0 Å². The van der Waals surface area contributed by atoms with Gasteiger partial charge in [0.15, 0.2) is 0 Å². The highest BCUT2D eigenvalue weighted by molar-refractivity contribution is 5.24. The van der Waals surface area contributed by atoms with Crippen LogP contribution in [0.1, 0.15) is 35.9 Å². The van der Waals surface area contributed by atoms with Crippen molar-refractivity contribution in [2.24, 2.45) is 0 Å². The number of aryl methyl sites for hydroxylation is 1. The number of hydrogen-bond donors (Lipinski definition) is 1. The van der Waals surface area contributed by atoms with Gasteiger partial charge in [-0.25, -0.2) is 0 Å². The van der Waals surface area contributed by atoms with Gasteiger partial charge < -0.3 is 14.3 Å². The third kappa shape index (κ3) is 1.76. The summed E-state index contributed by atoms with van der Waals surface area (Å²) in [5.41, 5.74) is 2.24. The molecule has 3 rings (SSSR count). The van der Waals surface area contributed by atoms with Crippen LogP contribution in [0.3, 0.4) is 0 Å². The predicted octanol–water partition coefficient (Wildman–Crippen LogP) is 2.43. The van der Waals surface area contributed by atoms with Crippen LogP contribution >= 0.6 is 0 Å². The van der Waals surface area contributed by atoms with Crippen LogP contribution in [0, 0.1) is 0 Å². The second-order valence-electron chi connectivity index (χ2n) is 4.12. The fourth-order valence-electron chi connectivity index (χ4n) is 2.25. The van der Waals surface area contributed by atoms with Crippen LogP contribution in [0.5, 0.6) is 0 Å². The van der Waals surface area contributed by atoms with E-state index in [-0.39, 0.29) is 0 Å². The van der Waals surface area contributed by atoms with Crippen molar-refractivity contribution >= 4 is 0 Å². The molecule has 0 aliphatic heterocycles. The molecule has 0 radical (unpaired) electrons. The van der Waals surface area contributed by atoms with Gasteiger partial charge in [0.05, 0.1) is 12.0 Å². The number of fused-ring (bicyclic) bond motifs is 1. The Morgan fingerprint density at radius 1 is 1.38 bits per heavy atom. The smallest absolute Gasteiger partial charge is 0.124 e. The van der Waals surface area contributed by atoms with Crippen molar-refractivity contribution < 1.29 is 8.94 Å². The summed E-state index contributed by atoms with van der Waals surface area (Å²) in [6.07, 6.45) is 6.77. The molecule has 2 aromatic heterocycles. The molecule has 1 atom stereocenters. The predicted molar refractivity (Wildman–Crippen MR) is 57.7 cm³/mol. The van der Waals surface area contributed by atoms with E-state index in [1.807, 2.05) is 6.07 Å². The maximum Gasteiger partial charge on any atom is 0.124 e. The summed E-state index contributed by atoms with van der Waals surface area (Å²) in [7, 11) is 0. The Morgan fingerprint density at radius 2 is 2.38 bits per heavy atom. The Balaban J connectivity index is 1.69. The van der Waals surface area contributed by atoms with E-state index in [9.17, 15) is 0 Å². The first-order chi connectivity index (χ1) is 7.93. The second-order valence-corrected chi connectivity index (χ2v) is 4.12. The summed E-state index contributed by atoms with van der Waals surface area (Å²) in [6, 6.07) is 4.33. The molecule has 0 amide bonds. The van der Waals surface area contributed by atoms with E-state index >= 15 is 0 Å². The van der Waals surface area contributed by atoms with Crippen LogP contribution in [-0.2, 0) is 13.0 Å². The van der Waals surface area contributed by atoms with E-state index in [2.05, 4.69) is 16.5 Å². The van der Waals surface area contributed by atoms with Crippen LogP contribution in [-0.4, -0.2) is 5.16 Å². The molecule has 0 fully saturated rings. The number of nitrogens with zero attached hydrogens (tertiary/aromatic N) is 1. The summed E-state index contributed by atoms with van der Waals surface area (Å²) in [5, 5.41) is 7.37. The fourth-order valence-corrected chi connectivity index (χ4v) is 2.25. The molecule has 1 N–H and O–H groups in total. The third-order valence-corrected chi connectivity index (χ3v) is 3.07. The van der Waals surface area contributed by atoms with Crippen LogP contribution in [0.15, 0.2) is 33.6 Å². The molecule has 84 valence electrons. The molecule has 1 unspecified atom stereocenters. The standard InChI is InChI=1S/C12H14N2O2/c1-2-11(10-5-6-15-12(10)3-1)13-8-9-4-7-16-14-9/h4-7,11,13H,1-3,8H2. The summed E-state index contributed by atoms with van der Waals surface area (Å²) < 4.78 is 10.2. The lowest BCUT2D eigenvalue weighted by atomic mass is 9.93. The zero-order chi connectivity index (χ0) is 10.8. The Kier molecular flexibility index (Phi) is 2.50. The van der Waals surface area contributed by atoms with Gasteiger partial charge in [-0.3, -0.25) is 0 Å². The van der Waals surface area contributed by atoms with Crippen molar-refractivity contribution in [2.75, 3.05) is 0 Å². The maximum absolute atomic E-state index is 5.45. The first-order valence-electron chi connectivity index (χ1n) is 5.62. The molecule has 0 spiro atoms. The minimum atomic E-state index is 0.388. The first kappa shape index (κ1) is 9.66. The van der Waals surface area contributed by atoms with Gasteiger partial charge in [-0.05, 0) is 18.9 Å². The normalized spacial score (nSPS) is 19.6. The molecule has 16 heavy (non-hydrogen) atoms. The van der Waals surface area contributed by atoms with Gasteiger partial charge in [0.1, 0.15) is 12.0 Å². The summed E-state index contributed by atoms with van der Waals surface area (Å²) in [4.78, 5) is 0. The molecule has 4 nitrogen and oxygen atoms in total. The number of hydrogen-bond acceptors (Lipinski definition) is 4. The minimum Gasteiger partial charge on any atom is -0.469 e. The van der Waals surface area contributed by atoms with Crippen LogP contribution < -0.4 is 5.32 Å². The van der Waals surface area contributed by atoms with Gasteiger partial charge in [0.2, 0.25) is 0 Å². The number of nitrogens with one attached hydrogen (secondary N) is 1. The Labute approximate surface area is 93.6 Å². The van der Waals surface area contributed by atoms with Crippen LogP contribution in [0.25, 0.3) is 0 Å². The molecule has 0 saturated heterocycles.